The van der Waals surface area contributed by atoms with Crippen molar-refractivity contribution in [3.05, 3.63) is 261 Å². The molecule has 0 aliphatic carbocycles. The zero-order chi connectivity index (χ0) is 43.8. The summed E-state index contributed by atoms with van der Waals surface area (Å²) in [4.78, 5) is 2.34. The van der Waals surface area contributed by atoms with Crippen LogP contribution in [0, 0.1) is 0 Å². The van der Waals surface area contributed by atoms with Crippen LogP contribution in [0.25, 0.3) is 99.5 Å². The van der Waals surface area contributed by atoms with Crippen molar-refractivity contribution < 1.29 is 4.42 Å². The summed E-state index contributed by atoms with van der Waals surface area (Å²) in [5.41, 5.74) is 19.2. The first-order chi connectivity index (χ1) is 32.7. The van der Waals surface area contributed by atoms with Crippen molar-refractivity contribution >= 4 is 49.8 Å². The van der Waals surface area contributed by atoms with E-state index >= 15 is 0 Å². The van der Waals surface area contributed by atoms with Gasteiger partial charge in [0.25, 0.3) is 0 Å². The van der Waals surface area contributed by atoms with Crippen LogP contribution in [-0.2, 0) is 0 Å². The van der Waals surface area contributed by atoms with Gasteiger partial charge in [0.2, 0.25) is 0 Å². The molecule has 1 aromatic heterocycles. The third kappa shape index (κ3) is 7.51. The van der Waals surface area contributed by atoms with E-state index in [-0.39, 0.29) is 0 Å². The van der Waals surface area contributed by atoms with Gasteiger partial charge in [0.1, 0.15) is 11.2 Å². The van der Waals surface area contributed by atoms with E-state index in [1.807, 2.05) is 12.1 Å². The fraction of sp³-hybridized carbons (Fsp3) is 0. The number of furan rings is 1. The fourth-order valence-corrected chi connectivity index (χ4v) is 9.40. The van der Waals surface area contributed by atoms with Crippen molar-refractivity contribution in [3.63, 3.8) is 0 Å². The fourth-order valence-electron chi connectivity index (χ4n) is 9.40. The summed E-state index contributed by atoms with van der Waals surface area (Å²) in [7, 11) is 0. The molecular formula is C64H43NO. The molecule has 0 fully saturated rings. The Balaban J connectivity index is 0.882. The molecule has 0 spiro atoms. The summed E-state index contributed by atoms with van der Waals surface area (Å²) in [6.07, 6.45) is 0. The van der Waals surface area contributed by atoms with E-state index in [9.17, 15) is 0 Å². The molecule has 0 aliphatic heterocycles. The molecule has 0 aliphatic rings. The van der Waals surface area contributed by atoms with E-state index in [4.69, 9.17) is 4.42 Å². The molecule has 66 heavy (non-hydrogen) atoms. The van der Waals surface area contributed by atoms with Crippen molar-refractivity contribution in [2.24, 2.45) is 0 Å². The Kier molecular flexibility index (Phi) is 9.89. The first kappa shape index (κ1) is 38.9. The summed E-state index contributed by atoms with van der Waals surface area (Å²) in [6.45, 7) is 0. The minimum absolute atomic E-state index is 0.877. The Hall–Kier alpha value is -8.72. The maximum atomic E-state index is 6.27. The van der Waals surface area contributed by atoms with Crippen molar-refractivity contribution in [2.45, 2.75) is 0 Å². The number of anilines is 3. The van der Waals surface area contributed by atoms with E-state index < -0.39 is 0 Å². The van der Waals surface area contributed by atoms with Gasteiger partial charge in [-0.25, -0.2) is 0 Å². The normalized spacial score (nSPS) is 11.3. The maximum Gasteiger partial charge on any atom is 0.135 e. The summed E-state index contributed by atoms with van der Waals surface area (Å²) < 4.78 is 6.27. The molecule has 0 N–H and O–H groups in total. The molecule has 0 saturated carbocycles. The van der Waals surface area contributed by atoms with Gasteiger partial charge in [0.05, 0.1) is 0 Å². The van der Waals surface area contributed by atoms with E-state index in [1.165, 1.54) is 66.4 Å². The Bertz CT molecular complexity index is 3610. The number of fused-ring (bicyclic) bond motifs is 4. The maximum absolute atomic E-state index is 6.27. The van der Waals surface area contributed by atoms with Crippen molar-refractivity contribution in [1.82, 2.24) is 0 Å². The lowest BCUT2D eigenvalue weighted by atomic mass is 9.93. The molecule has 0 amide bonds. The Morgan fingerprint density at radius 3 is 1.23 bits per heavy atom. The van der Waals surface area contributed by atoms with Gasteiger partial charge in [0.15, 0.2) is 0 Å². The van der Waals surface area contributed by atoms with Crippen molar-refractivity contribution in [2.75, 3.05) is 4.90 Å². The number of nitrogens with zero attached hydrogens (tertiary/aromatic N) is 1. The van der Waals surface area contributed by atoms with Gasteiger partial charge in [-0.15, -0.1) is 0 Å². The summed E-state index contributed by atoms with van der Waals surface area (Å²) in [5.74, 6) is 0. The van der Waals surface area contributed by atoms with Crippen LogP contribution >= 0.6 is 0 Å². The van der Waals surface area contributed by atoms with Crippen molar-refractivity contribution in [3.8, 4) is 66.8 Å². The molecule has 11 aromatic carbocycles. The largest absolute Gasteiger partial charge is 0.456 e. The molecule has 1 heterocycles. The second-order valence-corrected chi connectivity index (χ2v) is 17.0. The predicted molar refractivity (Wildman–Crippen MR) is 279 cm³/mol. The van der Waals surface area contributed by atoms with Crippen LogP contribution in [0.5, 0.6) is 0 Å². The molecular weight excluding hydrogens is 799 g/mol. The zero-order valence-electron chi connectivity index (χ0n) is 36.2. The molecule has 0 unspecified atom stereocenters. The lowest BCUT2D eigenvalue weighted by molar-refractivity contribution is 0.669. The van der Waals surface area contributed by atoms with Gasteiger partial charge in [-0.1, -0.05) is 182 Å². The third-order valence-corrected chi connectivity index (χ3v) is 12.8. The average Bonchev–Trinajstić information content (AvgIpc) is 3.77. The Morgan fingerprint density at radius 2 is 0.606 bits per heavy atom. The quantitative estimate of drug-likeness (QED) is 0.144. The highest BCUT2D eigenvalue weighted by Crippen LogP contribution is 2.41. The van der Waals surface area contributed by atoms with Crippen LogP contribution in [0.1, 0.15) is 0 Å². The highest BCUT2D eigenvalue weighted by molar-refractivity contribution is 6.06. The van der Waals surface area contributed by atoms with Crippen LogP contribution in [0.4, 0.5) is 17.1 Å². The average molecular weight is 842 g/mol. The number of hydrogen-bond acceptors (Lipinski definition) is 2. The van der Waals surface area contributed by atoms with E-state index in [1.54, 1.807) is 0 Å². The van der Waals surface area contributed by atoms with Gasteiger partial charge in [0, 0.05) is 27.8 Å². The summed E-state index contributed by atoms with van der Waals surface area (Å²) >= 11 is 0. The monoisotopic (exact) mass is 841 g/mol. The minimum Gasteiger partial charge on any atom is -0.456 e. The topological polar surface area (TPSA) is 16.4 Å². The van der Waals surface area contributed by atoms with Crippen LogP contribution in [0.2, 0.25) is 0 Å². The predicted octanol–water partition coefficient (Wildman–Crippen LogP) is 18.2. The molecule has 2 nitrogen and oxygen atoms in total. The number of hydrogen-bond donors (Lipinski definition) is 0. The second-order valence-electron chi connectivity index (χ2n) is 17.0. The molecule has 12 aromatic rings. The Morgan fingerprint density at radius 1 is 0.212 bits per heavy atom. The van der Waals surface area contributed by atoms with E-state index in [0.717, 1.165) is 50.1 Å². The standard InChI is InChI=1S/C64H43NO/c1-3-12-44(13-4-1)55-40-56(45-14-5-2-6-15-45)42-57(41-55)50-30-34-59(35-31-50)65(60-36-37-64-62(43-60)61-20-9-10-21-63(61)66-64)58-32-28-48(29-33-58)47-22-24-49(25-23-47)52-18-11-19-53(38-52)54-27-26-46-16-7-8-17-51(46)39-54/h1-43H. The SMILES string of the molecule is c1ccc(-c2cc(-c3ccccc3)cc(-c3ccc(N(c4ccc(-c5ccc(-c6cccc(-c7ccc8ccccc8c7)c6)cc5)cc4)c4ccc5oc6ccccc6c5c4)cc3)c2)cc1. The molecule has 0 bridgehead atoms. The molecule has 0 saturated heterocycles. The first-order valence-corrected chi connectivity index (χ1v) is 22.5. The minimum atomic E-state index is 0.877. The summed E-state index contributed by atoms with van der Waals surface area (Å²) in [6, 6.07) is 93.9. The van der Waals surface area contributed by atoms with Crippen LogP contribution in [0.3, 0.4) is 0 Å². The molecule has 2 heteroatoms. The van der Waals surface area contributed by atoms with E-state index in [0.29, 0.717) is 0 Å². The number of rotatable bonds is 9. The highest BCUT2D eigenvalue weighted by atomic mass is 16.3. The molecule has 0 atom stereocenters. The van der Waals surface area contributed by atoms with Gasteiger partial charge in [-0.3, -0.25) is 0 Å². The smallest absolute Gasteiger partial charge is 0.135 e. The molecule has 310 valence electrons. The summed E-state index contributed by atoms with van der Waals surface area (Å²) in [5, 5.41) is 4.71. The molecule has 12 rings (SSSR count). The van der Waals surface area contributed by atoms with Crippen molar-refractivity contribution in [1.29, 1.82) is 0 Å². The third-order valence-electron chi connectivity index (χ3n) is 12.8. The number of para-hydroxylation sites is 1. The lowest BCUT2D eigenvalue weighted by Gasteiger charge is -2.26. The first-order valence-electron chi connectivity index (χ1n) is 22.5. The Labute approximate surface area is 384 Å². The van der Waals surface area contributed by atoms with Gasteiger partial charge >= 0.3 is 0 Å². The van der Waals surface area contributed by atoms with Crippen LogP contribution in [0.15, 0.2) is 265 Å². The van der Waals surface area contributed by atoms with Gasteiger partial charge < -0.3 is 9.32 Å². The second kappa shape index (κ2) is 16.8. The number of benzene rings is 11. The van der Waals surface area contributed by atoms with Gasteiger partial charge in [-0.2, -0.15) is 0 Å². The van der Waals surface area contributed by atoms with Crippen LogP contribution < -0.4 is 4.90 Å². The zero-order valence-corrected chi connectivity index (χ0v) is 36.2. The van der Waals surface area contributed by atoms with Gasteiger partial charge in [-0.05, 0) is 156 Å². The molecule has 0 radical (unpaired) electrons. The van der Waals surface area contributed by atoms with E-state index in [2.05, 4.69) is 254 Å². The lowest BCUT2D eigenvalue weighted by Crippen LogP contribution is -2.09. The highest BCUT2D eigenvalue weighted by Gasteiger charge is 2.17. The van der Waals surface area contributed by atoms with Crippen LogP contribution in [-0.4, -0.2) is 0 Å².